The van der Waals surface area contributed by atoms with Crippen molar-refractivity contribution < 1.29 is 9.36 Å². The van der Waals surface area contributed by atoms with Gasteiger partial charge in [-0.2, -0.15) is 0 Å². The molecule has 4 heteroatoms. The first-order valence-corrected chi connectivity index (χ1v) is 6.38. The Morgan fingerprint density at radius 1 is 1.24 bits per heavy atom. The quantitative estimate of drug-likeness (QED) is 0.428. The van der Waals surface area contributed by atoms with Crippen LogP contribution in [-0.2, 0) is 6.54 Å². The Bertz CT molecular complexity index is 338. The molecule has 0 radical (unpaired) electrons. The first-order valence-electron chi connectivity index (χ1n) is 6.38. The molecule has 92 valence electrons. The largest absolute Gasteiger partial charge is 0.365 e. The lowest BCUT2D eigenvalue weighted by Crippen LogP contribution is -2.32. The van der Waals surface area contributed by atoms with Crippen LogP contribution in [0.3, 0.4) is 0 Å². The lowest BCUT2D eigenvalue weighted by Gasteiger charge is -2.01. The number of carbonyl (C=O) groups excluding carboxylic acids is 1. The molecule has 1 rings (SSSR count). The Morgan fingerprint density at radius 3 is 2.53 bits per heavy atom. The summed E-state index contributed by atoms with van der Waals surface area (Å²) >= 11 is 0. The molecule has 0 fully saturated rings. The Hall–Kier alpha value is -1.32. The highest BCUT2D eigenvalue weighted by Crippen LogP contribution is 1.99. The third-order valence-electron chi connectivity index (χ3n) is 2.77. The number of aryl methyl sites for hydroxylation is 2. The van der Waals surface area contributed by atoms with Crippen LogP contribution >= 0.6 is 0 Å². The van der Waals surface area contributed by atoms with E-state index in [1.54, 1.807) is 7.85 Å². The van der Waals surface area contributed by atoms with Crippen LogP contribution in [0, 0.1) is 6.92 Å². The number of amides is 1. The van der Waals surface area contributed by atoms with Crippen LogP contribution < -0.4 is 9.88 Å². The Labute approximate surface area is 105 Å². The molecule has 0 aliphatic rings. The van der Waals surface area contributed by atoms with E-state index in [-0.39, 0.29) is 5.81 Å². The summed E-state index contributed by atoms with van der Waals surface area (Å²) in [5, 5.41) is 2.82. The minimum atomic E-state index is 0.0696. The number of hydrogen-bond acceptors (Lipinski definition) is 1. The fraction of sp³-hybridized carbons (Fsp3) is 0.538. The zero-order valence-corrected chi connectivity index (χ0v) is 10.9. The molecule has 0 unspecified atom stereocenters. The van der Waals surface area contributed by atoms with Crippen LogP contribution in [0.4, 0.5) is 4.79 Å². The van der Waals surface area contributed by atoms with E-state index in [4.69, 9.17) is 0 Å². The van der Waals surface area contributed by atoms with Gasteiger partial charge in [0.1, 0.15) is 6.54 Å². The van der Waals surface area contributed by atoms with Gasteiger partial charge in [0.2, 0.25) is 7.85 Å². The molecule has 1 heterocycles. The maximum Gasteiger partial charge on any atom is 0.215 e. The summed E-state index contributed by atoms with van der Waals surface area (Å²) in [4.78, 5) is 10.6. The van der Waals surface area contributed by atoms with Gasteiger partial charge in [-0.15, -0.1) is 0 Å². The number of nitrogens with zero attached hydrogens (tertiary/aromatic N) is 1. The normalized spacial score (nSPS) is 10.2. The summed E-state index contributed by atoms with van der Waals surface area (Å²) in [6.45, 7) is 4.00. The number of aromatic nitrogens is 1. The molecular weight excluding hydrogens is 211 g/mol. The number of pyridine rings is 1. The van der Waals surface area contributed by atoms with Gasteiger partial charge >= 0.3 is 0 Å². The Kier molecular flexibility index (Phi) is 6.37. The van der Waals surface area contributed by atoms with E-state index in [1.165, 1.54) is 24.8 Å². The fourth-order valence-corrected chi connectivity index (χ4v) is 1.72. The van der Waals surface area contributed by atoms with Crippen molar-refractivity contribution in [2.24, 2.45) is 0 Å². The van der Waals surface area contributed by atoms with Gasteiger partial charge in [0, 0.05) is 25.1 Å². The van der Waals surface area contributed by atoms with E-state index in [2.05, 4.69) is 41.3 Å². The van der Waals surface area contributed by atoms with Crippen molar-refractivity contribution in [3.05, 3.63) is 30.1 Å². The van der Waals surface area contributed by atoms with Crippen LogP contribution in [0.1, 0.15) is 31.2 Å². The summed E-state index contributed by atoms with van der Waals surface area (Å²) in [5.41, 5.74) is 1.30. The molecule has 0 spiro atoms. The topological polar surface area (TPSA) is 33.0 Å². The van der Waals surface area contributed by atoms with Crippen molar-refractivity contribution in [1.82, 2.24) is 5.32 Å². The predicted molar refractivity (Wildman–Crippen MR) is 71.8 cm³/mol. The summed E-state index contributed by atoms with van der Waals surface area (Å²) in [6, 6.07) is 4.27. The molecule has 1 N–H and O–H groups in total. The maximum atomic E-state index is 10.6. The predicted octanol–water partition coefficient (Wildman–Crippen LogP) is 1.19. The van der Waals surface area contributed by atoms with E-state index in [0.29, 0.717) is 0 Å². The van der Waals surface area contributed by atoms with E-state index >= 15 is 0 Å². The molecule has 0 aromatic carbocycles. The summed E-state index contributed by atoms with van der Waals surface area (Å²) in [5.74, 6) is 0.0696. The molecule has 0 saturated carbocycles. The second kappa shape index (κ2) is 7.88. The highest BCUT2D eigenvalue weighted by molar-refractivity contribution is 6.57. The van der Waals surface area contributed by atoms with Crippen molar-refractivity contribution in [2.75, 3.05) is 6.54 Å². The van der Waals surface area contributed by atoms with Crippen LogP contribution in [0.15, 0.2) is 24.5 Å². The van der Waals surface area contributed by atoms with Gasteiger partial charge < -0.3 is 5.32 Å². The molecule has 1 aromatic heterocycles. The van der Waals surface area contributed by atoms with Gasteiger partial charge in [0.05, 0.1) is 0 Å². The van der Waals surface area contributed by atoms with Gasteiger partial charge in [-0.3, -0.25) is 4.79 Å². The average molecular weight is 233 g/mol. The van der Waals surface area contributed by atoms with Gasteiger partial charge in [0.25, 0.3) is 0 Å². The van der Waals surface area contributed by atoms with Gasteiger partial charge in [-0.1, -0.05) is 6.42 Å². The Balaban J connectivity index is 2.01. The fourth-order valence-electron chi connectivity index (χ4n) is 1.72. The minimum absolute atomic E-state index is 0.0696. The van der Waals surface area contributed by atoms with E-state index in [0.717, 1.165) is 19.5 Å². The summed E-state index contributed by atoms with van der Waals surface area (Å²) in [7, 11) is 1.56. The molecule has 17 heavy (non-hydrogen) atoms. The number of carbonyl (C=O) groups is 1. The van der Waals surface area contributed by atoms with Crippen LogP contribution in [0.25, 0.3) is 0 Å². The van der Waals surface area contributed by atoms with Crippen LogP contribution in [0.5, 0.6) is 0 Å². The standard InChI is InChI=1S/C13H21BN2O/c1-12-6-10-16(11-7-12)9-5-3-2-4-8-15-13(14)17/h6-7,10-11H,2-5,8-9,14H2,1H3/p+1. The van der Waals surface area contributed by atoms with Crippen molar-refractivity contribution in [3.8, 4) is 0 Å². The van der Waals surface area contributed by atoms with Gasteiger partial charge in [-0.05, 0) is 25.3 Å². The number of nitrogens with one attached hydrogen (secondary N) is 1. The maximum absolute atomic E-state index is 10.6. The lowest BCUT2D eigenvalue weighted by atomic mass is 10.1. The second-order valence-electron chi connectivity index (χ2n) is 4.51. The number of rotatable bonds is 7. The number of hydrogen-bond donors (Lipinski definition) is 1. The molecule has 0 saturated heterocycles. The zero-order valence-electron chi connectivity index (χ0n) is 10.9. The van der Waals surface area contributed by atoms with Crippen molar-refractivity contribution in [3.63, 3.8) is 0 Å². The minimum Gasteiger partial charge on any atom is -0.365 e. The molecule has 0 atom stereocenters. The third kappa shape index (κ3) is 6.77. The summed E-state index contributed by atoms with van der Waals surface area (Å²) in [6.07, 6.45) is 8.96. The highest BCUT2D eigenvalue weighted by atomic mass is 16.1. The molecular formula is C13H22BN2O+. The highest BCUT2D eigenvalue weighted by Gasteiger charge is 1.99. The van der Waals surface area contributed by atoms with Crippen LogP contribution in [0.2, 0.25) is 0 Å². The summed E-state index contributed by atoms with van der Waals surface area (Å²) < 4.78 is 2.22. The average Bonchev–Trinajstić information content (AvgIpc) is 2.30. The van der Waals surface area contributed by atoms with E-state index in [1.807, 2.05) is 0 Å². The third-order valence-corrected chi connectivity index (χ3v) is 2.77. The molecule has 0 bridgehead atoms. The molecule has 0 aliphatic heterocycles. The van der Waals surface area contributed by atoms with Crippen molar-refractivity contribution >= 4 is 13.7 Å². The monoisotopic (exact) mass is 233 g/mol. The lowest BCUT2D eigenvalue weighted by molar-refractivity contribution is -0.697. The first kappa shape index (κ1) is 13.7. The zero-order chi connectivity index (χ0) is 12.5. The van der Waals surface area contributed by atoms with Gasteiger partial charge in [-0.25, -0.2) is 4.57 Å². The second-order valence-corrected chi connectivity index (χ2v) is 4.51. The Morgan fingerprint density at radius 2 is 1.88 bits per heavy atom. The number of unbranched alkanes of at least 4 members (excludes halogenated alkanes) is 3. The van der Waals surface area contributed by atoms with E-state index in [9.17, 15) is 4.79 Å². The molecule has 1 aromatic rings. The van der Waals surface area contributed by atoms with Crippen LogP contribution in [-0.4, -0.2) is 20.2 Å². The molecule has 0 aliphatic carbocycles. The molecule has 3 nitrogen and oxygen atoms in total. The van der Waals surface area contributed by atoms with Gasteiger partial charge in [0.15, 0.2) is 18.2 Å². The SMILES string of the molecule is BC(=O)NCCCCCC[n+]1ccc(C)cc1. The van der Waals surface area contributed by atoms with E-state index < -0.39 is 0 Å². The first-order chi connectivity index (χ1) is 8.18. The van der Waals surface area contributed by atoms with Crippen molar-refractivity contribution in [2.45, 2.75) is 39.2 Å². The van der Waals surface area contributed by atoms with Crippen molar-refractivity contribution in [1.29, 1.82) is 0 Å². The smallest absolute Gasteiger partial charge is 0.215 e. The molecule has 1 amide bonds.